The number of aromatic nitrogens is 2. The van der Waals surface area contributed by atoms with Gasteiger partial charge in [0.05, 0.1) is 18.8 Å². The molecule has 2 aliphatic heterocycles. The Morgan fingerprint density at radius 3 is 2.81 bits per heavy atom. The lowest BCUT2D eigenvalue weighted by atomic mass is 10.1. The van der Waals surface area contributed by atoms with E-state index in [9.17, 15) is 0 Å². The zero-order chi connectivity index (χ0) is 17.9. The van der Waals surface area contributed by atoms with Crippen LogP contribution in [0.5, 0.6) is 0 Å². The number of hydrogen-bond donors (Lipinski definition) is 0. The SMILES string of the molecule is Cc1nnc(COC2CN(Cc3ccccc3N3CCOC(C)C3)C2)o1. The highest BCUT2D eigenvalue weighted by Gasteiger charge is 2.29. The smallest absolute Gasteiger partial charge is 0.242 e. The van der Waals surface area contributed by atoms with Crippen molar-refractivity contribution in [2.45, 2.75) is 39.2 Å². The molecule has 4 rings (SSSR count). The van der Waals surface area contributed by atoms with E-state index in [-0.39, 0.29) is 12.2 Å². The standard InChI is InChI=1S/C19H26N4O3/c1-14-9-23(7-8-24-14)18-6-4-3-5-16(18)10-22-11-17(12-22)25-13-19-21-20-15(2)26-19/h3-6,14,17H,7-13H2,1-2H3. The first-order valence-corrected chi connectivity index (χ1v) is 9.25. The van der Waals surface area contributed by atoms with Crippen LogP contribution in [-0.2, 0) is 22.6 Å². The minimum atomic E-state index is 0.234. The van der Waals surface area contributed by atoms with Crippen molar-refractivity contribution in [3.05, 3.63) is 41.6 Å². The summed E-state index contributed by atoms with van der Waals surface area (Å²) in [5.74, 6) is 1.13. The summed E-state index contributed by atoms with van der Waals surface area (Å²) in [6.45, 7) is 9.82. The Labute approximate surface area is 153 Å². The minimum absolute atomic E-state index is 0.234. The van der Waals surface area contributed by atoms with Crippen molar-refractivity contribution in [2.75, 3.05) is 37.7 Å². The van der Waals surface area contributed by atoms with E-state index in [1.807, 2.05) is 0 Å². The van der Waals surface area contributed by atoms with Gasteiger partial charge < -0.3 is 18.8 Å². The highest BCUT2D eigenvalue weighted by molar-refractivity contribution is 5.54. The van der Waals surface area contributed by atoms with Crippen LogP contribution in [0.25, 0.3) is 0 Å². The molecule has 1 aromatic carbocycles. The van der Waals surface area contributed by atoms with Crippen molar-refractivity contribution >= 4 is 5.69 Å². The number of rotatable bonds is 6. The Morgan fingerprint density at radius 2 is 2.04 bits per heavy atom. The van der Waals surface area contributed by atoms with Crippen LogP contribution in [0.2, 0.25) is 0 Å². The number of hydrogen-bond acceptors (Lipinski definition) is 7. The second kappa shape index (κ2) is 7.73. The number of nitrogens with zero attached hydrogens (tertiary/aromatic N) is 4. The maximum absolute atomic E-state index is 5.84. The van der Waals surface area contributed by atoms with Gasteiger partial charge in [-0.15, -0.1) is 10.2 Å². The fourth-order valence-corrected chi connectivity index (χ4v) is 3.57. The second-order valence-electron chi connectivity index (χ2n) is 7.10. The lowest BCUT2D eigenvalue weighted by molar-refractivity contribution is -0.0713. The normalized spacial score (nSPS) is 21.8. The van der Waals surface area contributed by atoms with Gasteiger partial charge in [-0.05, 0) is 18.6 Å². The van der Waals surface area contributed by atoms with Crippen LogP contribution in [0, 0.1) is 6.92 Å². The van der Waals surface area contributed by atoms with Crippen molar-refractivity contribution < 1.29 is 13.9 Å². The summed E-state index contributed by atoms with van der Waals surface area (Å²) in [5, 5.41) is 7.78. The molecule has 1 unspecified atom stereocenters. The summed E-state index contributed by atoms with van der Waals surface area (Å²) in [7, 11) is 0. The summed E-state index contributed by atoms with van der Waals surface area (Å²) < 4.78 is 16.9. The largest absolute Gasteiger partial charge is 0.423 e. The van der Waals surface area contributed by atoms with Crippen molar-refractivity contribution in [3.63, 3.8) is 0 Å². The van der Waals surface area contributed by atoms with Crippen LogP contribution < -0.4 is 4.90 Å². The molecule has 2 saturated heterocycles. The Hall–Kier alpha value is -1.96. The third-order valence-electron chi connectivity index (χ3n) is 4.90. The summed E-state index contributed by atoms with van der Waals surface area (Å²) in [6.07, 6.45) is 0.518. The molecule has 0 saturated carbocycles. The fraction of sp³-hybridized carbons (Fsp3) is 0.579. The topological polar surface area (TPSA) is 63.9 Å². The molecule has 7 heteroatoms. The van der Waals surface area contributed by atoms with Gasteiger partial charge >= 0.3 is 0 Å². The lowest BCUT2D eigenvalue weighted by Crippen LogP contribution is -2.51. The first-order valence-electron chi connectivity index (χ1n) is 9.25. The lowest BCUT2D eigenvalue weighted by Gasteiger charge is -2.40. The molecule has 2 fully saturated rings. The highest BCUT2D eigenvalue weighted by atomic mass is 16.5. The van der Waals surface area contributed by atoms with Crippen molar-refractivity contribution in [3.8, 4) is 0 Å². The first kappa shape index (κ1) is 17.5. The average molecular weight is 358 g/mol. The maximum Gasteiger partial charge on any atom is 0.242 e. The maximum atomic E-state index is 5.84. The third-order valence-corrected chi connectivity index (χ3v) is 4.90. The molecule has 0 aliphatic carbocycles. The molecule has 0 bridgehead atoms. The van der Waals surface area contributed by atoms with Gasteiger partial charge in [-0.1, -0.05) is 18.2 Å². The Balaban J connectivity index is 1.29. The van der Waals surface area contributed by atoms with Crippen LogP contribution in [0.3, 0.4) is 0 Å². The molecule has 2 aliphatic rings. The molecular formula is C19H26N4O3. The van der Waals surface area contributed by atoms with Gasteiger partial charge in [0.1, 0.15) is 6.61 Å². The summed E-state index contributed by atoms with van der Waals surface area (Å²) in [5.41, 5.74) is 2.70. The molecule has 26 heavy (non-hydrogen) atoms. The molecule has 1 aromatic heterocycles. The Kier molecular flexibility index (Phi) is 5.19. The third kappa shape index (κ3) is 4.06. The number of benzene rings is 1. The zero-order valence-electron chi connectivity index (χ0n) is 15.4. The second-order valence-corrected chi connectivity index (χ2v) is 7.10. The van der Waals surface area contributed by atoms with E-state index < -0.39 is 0 Å². The summed E-state index contributed by atoms with van der Waals surface area (Å²) >= 11 is 0. The molecule has 0 amide bonds. The molecule has 3 heterocycles. The molecule has 140 valence electrons. The van der Waals surface area contributed by atoms with E-state index in [4.69, 9.17) is 13.9 Å². The number of aryl methyl sites for hydroxylation is 1. The molecule has 0 radical (unpaired) electrons. The highest BCUT2D eigenvalue weighted by Crippen LogP contribution is 2.26. The van der Waals surface area contributed by atoms with Gasteiger partial charge in [-0.25, -0.2) is 0 Å². The predicted octanol–water partition coefficient (Wildman–Crippen LogP) is 2.00. The monoisotopic (exact) mass is 358 g/mol. The van der Waals surface area contributed by atoms with E-state index in [0.29, 0.717) is 18.4 Å². The molecule has 2 aromatic rings. The van der Waals surface area contributed by atoms with Gasteiger partial charge in [-0.3, -0.25) is 4.90 Å². The van der Waals surface area contributed by atoms with Gasteiger partial charge in [0.25, 0.3) is 0 Å². The van der Waals surface area contributed by atoms with E-state index in [2.05, 4.69) is 51.2 Å². The van der Waals surface area contributed by atoms with Gasteiger partial charge in [0.15, 0.2) is 0 Å². The van der Waals surface area contributed by atoms with Crippen LogP contribution >= 0.6 is 0 Å². The van der Waals surface area contributed by atoms with Crippen LogP contribution in [0.15, 0.2) is 28.7 Å². The predicted molar refractivity (Wildman–Crippen MR) is 97.0 cm³/mol. The summed E-state index contributed by atoms with van der Waals surface area (Å²) in [6, 6.07) is 8.69. The quantitative estimate of drug-likeness (QED) is 0.782. The Morgan fingerprint density at radius 1 is 1.19 bits per heavy atom. The minimum Gasteiger partial charge on any atom is -0.423 e. The number of morpholine rings is 1. The van der Waals surface area contributed by atoms with E-state index in [1.165, 1.54) is 11.3 Å². The Bertz CT molecular complexity index is 729. The number of ether oxygens (including phenoxy) is 2. The molecule has 0 N–H and O–H groups in total. The van der Waals surface area contributed by atoms with Gasteiger partial charge in [0.2, 0.25) is 11.8 Å². The van der Waals surface area contributed by atoms with E-state index in [0.717, 1.165) is 39.3 Å². The molecular weight excluding hydrogens is 332 g/mol. The summed E-state index contributed by atoms with van der Waals surface area (Å²) in [4.78, 5) is 4.85. The zero-order valence-corrected chi connectivity index (χ0v) is 15.4. The number of anilines is 1. The van der Waals surface area contributed by atoms with Gasteiger partial charge in [-0.2, -0.15) is 0 Å². The van der Waals surface area contributed by atoms with Crippen molar-refractivity contribution in [1.82, 2.24) is 15.1 Å². The first-order chi connectivity index (χ1) is 12.7. The number of para-hydroxylation sites is 1. The van der Waals surface area contributed by atoms with Crippen LogP contribution in [0.4, 0.5) is 5.69 Å². The van der Waals surface area contributed by atoms with E-state index in [1.54, 1.807) is 6.92 Å². The molecule has 7 nitrogen and oxygen atoms in total. The fourth-order valence-electron chi connectivity index (χ4n) is 3.57. The number of likely N-dealkylation sites (tertiary alicyclic amines) is 1. The van der Waals surface area contributed by atoms with E-state index >= 15 is 0 Å². The van der Waals surface area contributed by atoms with Crippen LogP contribution in [-0.4, -0.2) is 60.1 Å². The van der Waals surface area contributed by atoms with Crippen LogP contribution in [0.1, 0.15) is 24.3 Å². The van der Waals surface area contributed by atoms with Crippen molar-refractivity contribution in [1.29, 1.82) is 0 Å². The molecule has 0 spiro atoms. The average Bonchev–Trinajstić information content (AvgIpc) is 3.02. The van der Waals surface area contributed by atoms with Gasteiger partial charge in [0, 0.05) is 45.3 Å². The molecule has 1 atom stereocenters. The van der Waals surface area contributed by atoms with Crippen molar-refractivity contribution in [2.24, 2.45) is 0 Å².